The van der Waals surface area contributed by atoms with Gasteiger partial charge in [-0.3, -0.25) is 4.79 Å². The van der Waals surface area contributed by atoms with Gasteiger partial charge in [0.1, 0.15) is 18.1 Å². The van der Waals surface area contributed by atoms with Gasteiger partial charge in [-0.25, -0.2) is 0 Å². The molecule has 0 radical (unpaired) electrons. The van der Waals surface area contributed by atoms with E-state index in [1.54, 1.807) is 19.3 Å². The van der Waals surface area contributed by atoms with Crippen molar-refractivity contribution < 1.29 is 9.47 Å². The van der Waals surface area contributed by atoms with E-state index in [1.165, 1.54) is 15.9 Å². The van der Waals surface area contributed by atoms with Crippen molar-refractivity contribution in [3.63, 3.8) is 0 Å². The number of benzene rings is 2. The van der Waals surface area contributed by atoms with Crippen LogP contribution in [0, 0.1) is 0 Å². The molecule has 0 fully saturated rings. The van der Waals surface area contributed by atoms with Crippen LogP contribution < -0.4 is 19.6 Å². The van der Waals surface area contributed by atoms with Gasteiger partial charge in [-0.15, -0.1) is 5.10 Å². The van der Waals surface area contributed by atoms with Crippen LogP contribution in [0.1, 0.15) is 5.56 Å². The third-order valence-electron chi connectivity index (χ3n) is 4.32. The van der Waals surface area contributed by atoms with Crippen LogP contribution in [-0.2, 0) is 0 Å². The van der Waals surface area contributed by atoms with Crippen molar-refractivity contribution in [1.82, 2.24) is 14.6 Å². The quantitative estimate of drug-likeness (QED) is 0.430. The van der Waals surface area contributed by atoms with Crippen LogP contribution in [0.2, 0.25) is 0 Å². The minimum absolute atomic E-state index is 0.190. The first-order chi connectivity index (χ1) is 14.7. The molecule has 0 unspecified atom stereocenters. The molecule has 0 saturated heterocycles. The maximum Gasteiger partial charge on any atom is 0.291 e. The maximum absolute atomic E-state index is 12.7. The molecule has 0 spiro atoms. The summed E-state index contributed by atoms with van der Waals surface area (Å²) in [7, 11) is 1.63. The van der Waals surface area contributed by atoms with E-state index in [4.69, 9.17) is 9.47 Å². The van der Waals surface area contributed by atoms with Crippen LogP contribution >= 0.6 is 11.3 Å². The van der Waals surface area contributed by atoms with Crippen molar-refractivity contribution in [2.75, 3.05) is 13.7 Å². The zero-order valence-corrected chi connectivity index (χ0v) is 17.1. The van der Waals surface area contributed by atoms with Gasteiger partial charge >= 0.3 is 0 Å². The molecule has 0 saturated carbocycles. The number of ether oxygens (including phenoxy) is 2. The van der Waals surface area contributed by atoms with Gasteiger partial charge in [-0.1, -0.05) is 54.3 Å². The molecule has 0 atom stereocenters. The SMILES string of the molecule is C=CCOc1ccc(-c2nc3s/c(=C/C=C/c4ccccc4OC)c(=O)n3n2)cc1. The molecule has 7 heteroatoms. The molecule has 4 rings (SSSR count). The summed E-state index contributed by atoms with van der Waals surface area (Å²) in [6.45, 7) is 4.07. The van der Waals surface area contributed by atoms with Gasteiger partial charge in [-0.05, 0) is 36.4 Å². The minimum Gasteiger partial charge on any atom is -0.496 e. The number of rotatable bonds is 7. The van der Waals surface area contributed by atoms with Gasteiger partial charge in [0, 0.05) is 11.1 Å². The zero-order chi connectivity index (χ0) is 20.9. The highest BCUT2D eigenvalue weighted by molar-refractivity contribution is 7.15. The highest BCUT2D eigenvalue weighted by Crippen LogP contribution is 2.21. The van der Waals surface area contributed by atoms with Crippen molar-refractivity contribution in [3.05, 3.63) is 87.7 Å². The number of nitrogens with zero attached hydrogens (tertiary/aromatic N) is 3. The Morgan fingerprint density at radius 3 is 2.70 bits per heavy atom. The highest BCUT2D eigenvalue weighted by atomic mass is 32.1. The van der Waals surface area contributed by atoms with E-state index < -0.39 is 0 Å². The molecule has 0 aliphatic heterocycles. The van der Waals surface area contributed by atoms with Crippen molar-refractivity contribution in [2.45, 2.75) is 0 Å². The Bertz CT molecular complexity index is 1320. The summed E-state index contributed by atoms with van der Waals surface area (Å²) in [4.78, 5) is 17.7. The van der Waals surface area contributed by atoms with Crippen molar-refractivity contribution >= 4 is 28.4 Å². The maximum atomic E-state index is 12.7. The predicted molar refractivity (Wildman–Crippen MR) is 120 cm³/mol. The van der Waals surface area contributed by atoms with Crippen LogP contribution in [0.4, 0.5) is 0 Å². The third-order valence-corrected chi connectivity index (χ3v) is 5.30. The second kappa shape index (κ2) is 8.75. The van der Waals surface area contributed by atoms with E-state index in [0.717, 1.165) is 22.6 Å². The number of hydrogen-bond donors (Lipinski definition) is 0. The number of thiazole rings is 1. The molecule has 4 aromatic rings. The summed E-state index contributed by atoms with van der Waals surface area (Å²) in [6, 6.07) is 15.1. The number of methoxy groups -OCH3 is 1. The zero-order valence-electron chi connectivity index (χ0n) is 16.3. The number of para-hydroxylation sites is 1. The Kier molecular flexibility index (Phi) is 5.72. The van der Waals surface area contributed by atoms with E-state index in [2.05, 4.69) is 16.7 Å². The van der Waals surface area contributed by atoms with E-state index in [1.807, 2.05) is 60.7 Å². The van der Waals surface area contributed by atoms with Gasteiger partial charge < -0.3 is 9.47 Å². The summed E-state index contributed by atoms with van der Waals surface area (Å²) in [5.74, 6) is 2.02. The van der Waals surface area contributed by atoms with Crippen LogP contribution in [0.25, 0.3) is 28.5 Å². The van der Waals surface area contributed by atoms with Gasteiger partial charge in [0.2, 0.25) is 4.96 Å². The lowest BCUT2D eigenvalue weighted by Gasteiger charge is -2.02. The smallest absolute Gasteiger partial charge is 0.291 e. The number of aromatic nitrogens is 3. The average Bonchev–Trinajstić information content (AvgIpc) is 3.32. The molecule has 0 N–H and O–H groups in total. The van der Waals surface area contributed by atoms with Crippen LogP contribution in [0.5, 0.6) is 11.5 Å². The molecule has 2 aromatic heterocycles. The lowest BCUT2D eigenvalue weighted by atomic mass is 10.2. The Balaban J connectivity index is 1.59. The molecule has 0 amide bonds. The monoisotopic (exact) mass is 417 g/mol. The highest BCUT2D eigenvalue weighted by Gasteiger charge is 2.11. The fourth-order valence-corrected chi connectivity index (χ4v) is 3.73. The van der Waals surface area contributed by atoms with E-state index in [0.29, 0.717) is 21.9 Å². The standard InChI is InChI=1S/C23H19N3O3S/c1-3-15-29-18-13-11-17(12-14-18)21-24-23-26(25-21)22(27)20(30-23)10-6-8-16-7-4-5-9-19(16)28-2/h3-14H,1,15H2,2H3/b8-6+,20-10+. The van der Waals surface area contributed by atoms with Gasteiger partial charge in [0.15, 0.2) is 5.82 Å². The number of allylic oxidation sites excluding steroid dienone is 1. The summed E-state index contributed by atoms with van der Waals surface area (Å²) in [5.41, 5.74) is 1.56. The minimum atomic E-state index is -0.190. The second-order valence-electron chi connectivity index (χ2n) is 6.29. The first-order valence-corrected chi connectivity index (χ1v) is 10.1. The van der Waals surface area contributed by atoms with Crippen molar-refractivity contribution in [2.24, 2.45) is 0 Å². The molecule has 0 bridgehead atoms. The molecule has 30 heavy (non-hydrogen) atoms. The average molecular weight is 417 g/mol. The van der Waals surface area contributed by atoms with Crippen molar-refractivity contribution in [3.8, 4) is 22.9 Å². The van der Waals surface area contributed by atoms with Crippen LogP contribution in [0.15, 0.2) is 72.1 Å². The normalized spacial score (nSPS) is 12.0. The predicted octanol–water partition coefficient (Wildman–Crippen LogP) is 3.60. The fourth-order valence-electron chi connectivity index (χ4n) is 2.87. The topological polar surface area (TPSA) is 65.7 Å². The Labute approximate surface area is 177 Å². The molecule has 0 aliphatic carbocycles. The molecule has 150 valence electrons. The second-order valence-corrected chi connectivity index (χ2v) is 7.30. The Hall–Kier alpha value is -3.71. The van der Waals surface area contributed by atoms with Gasteiger partial charge in [0.25, 0.3) is 5.56 Å². The fraction of sp³-hybridized carbons (Fsp3) is 0.0870. The lowest BCUT2D eigenvalue weighted by molar-refractivity contribution is 0.363. The molecule has 2 aromatic carbocycles. The van der Waals surface area contributed by atoms with Crippen LogP contribution in [0.3, 0.4) is 0 Å². The molecular weight excluding hydrogens is 398 g/mol. The first-order valence-electron chi connectivity index (χ1n) is 9.24. The van der Waals surface area contributed by atoms with Crippen molar-refractivity contribution in [1.29, 1.82) is 0 Å². The summed E-state index contributed by atoms with van der Waals surface area (Å²) < 4.78 is 12.7. The first kappa shape index (κ1) is 19.6. The Morgan fingerprint density at radius 2 is 1.97 bits per heavy atom. The van der Waals surface area contributed by atoms with E-state index in [9.17, 15) is 4.79 Å². The lowest BCUT2D eigenvalue weighted by Crippen LogP contribution is -2.23. The van der Waals surface area contributed by atoms with Gasteiger partial charge in [0.05, 0.1) is 11.6 Å². The third kappa shape index (κ3) is 4.01. The molecular formula is C23H19N3O3S. The number of fused-ring (bicyclic) bond motifs is 1. The number of hydrogen-bond acceptors (Lipinski definition) is 6. The molecule has 2 heterocycles. The van der Waals surface area contributed by atoms with E-state index in [-0.39, 0.29) is 5.56 Å². The largest absolute Gasteiger partial charge is 0.496 e. The van der Waals surface area contributed by atoms with Gasteiger partial charge in [-0.2, -0.15) is 9.50 Å². The summed E-state index contributed by atoms with van der Waals surface area (Å²) in [6.07, 6.45) is 7.18. The summed E-state index contributed by atoms with van der Waals surface area (Å²) >= 11 is 1.30. The summed E-state index contributed by atoms with van der Waals surface area (Å²) in [5, 5.41) is 4.37. The van der Waals surface area contributed by atoms with Crippen LogP contribution in [-0.4, -0.2) is 28.3 Å². The molecule has 6 nitrogen and oxygen atoms in total. The Morgan fingerprint density at radius 1 is 1.17 bits per heavy atom. The van der Waals surface area contributed by atoms with E-state index >= 15 is 0 Å². The molecule has 0 aliphatic rings.